The van der Waals surface area contributed by atoms with Gasteiger partial charge in [0.1, 0.15) is 0 Å². The fraction of sp³-hybridized carbons (Fsp3) is 0.929. The maximum Gasteiger partial charge on any atom is 0.224 e. The van der Waals surface area contributed by atoms with Crippen LogP contribution in [0.2, 0.25) is 0 Å². The van der Waals surface area contributed by atoms with E-state index in [4.69, 9.17) is 5.73 Å². The number of amides is 1. The molecular formula is C14H32N4O. The van der Waals surface area contributed by atoms with E-state index >= 15 is 0 Å². The minimum atomic E-state index is -0.0577. The van der Waals surface area contributed by atoms with E-state index in [1.165, 1.54) is 0 Å². The van der Waals surface area contributed by atoms with E-state index < -0.39 is 0 Å². The van der Waals surface area contributed by atoms with Crippen LogP contribution in [0.4, 0.5) is 0 Å². The molecule has 0 aliphatic carbocycles. The van der Waals surface area contributed by atoms with Gasteiger partial charge in [0, 0.05) is 25.6 Å². The van der Waals surface area contributed by atoms with Crippen molar-refractivity contribution >= 4 is 5.91 Å². The van der Waals surface area contributed by atoms with Crippen LogP contribution in [0.1, 0.15) is 26.2 Å². The molecule has 0 aliphatic heterocycles. The van der Waals surface area contributed by atoms with E-state index in [0.717, 1.165) is 39.0 Å². The van der Waals surface area contributed by atoms with Gasteiger partial charge in [0.15, 0.2) is 0 Å². The van der Waals surface area contributed by atoms with Gasteiger partial charge in [-0.25, -0.2) is 0 Å². The molecule has 0 rings (SSSR count). The first-order valence-electron chi connectivity index (χ1n) is 7.15. The fourth-order valence-electron chi connectivity index (χ4n) is 1.92. The SMILES string of the molecule is CC(N)CC(=O)N(CCCN(C)C)CCCN(C)C. The number of rotatable bonds is 10. The minimum Gasteiger partial charge on any atom is -0.343 e. The highest BCUT2D eigenvalue weighted by atomic mass is 16.2. The Kier molecular flexibility index (Phi) is 9.83. The first kappa shape index (κ1) is 18.4. The highest BCUT2D eigenvalue weighted by molar-refractivity contribution is 5.76. The zero-order valence-corrected chi connectivity index (χ0v) is 13.4. The third-order valence-corrected chi connectivity index (χ3v) is 2.92. The summed E-state index contributed by atoms with van der Waals surface area (Å²) >= 11 is 0. The van der Waals surface area contributed by atoms with Crippen LogP contribution in [-0.2, 0) is 4.79 Å². The lowest BCUT2D eigenvalue weighted by Crippen LogP contribution is -2.38. The summed E-state index contributed by atoms with van der Waals surface area (Å²) < 4.78 is 0. The molecule has 2 N–H and O–H groups in total. The van der Waals surface area contributed by atoms with E-state index in [0.29, 0.717) is 6.42 Å². The van der Waals surface area contributed by atoms with Gasteiger partial charge in [-0.15, -0.1) is 0 Å². The molecule has 0 saturated heterocycles. The molecule has 1 unspecified atom stereocenters. The van der Waals surface area contributed by atoms with E-state index in [9.17, 15) is 4.79 Å². The number of carbonyl (C=O) groups is 1. The monoisotopic (exact) mass is 272 g/mol. The van der Waals surface area contributed by atoms with Crippen LogP contribution in [0.5, 0.6) is 0 Å². The summed E-state index contributed by atoms with van der Waals surface area (Å²) in [6.07, 6.45) is 2.48. The van der Waals surface area contributed by atoms with Gasteiger partial charge in [-0.3, -0.25) is 4.79 Å². The molecule has 0 saturated carbocycles. The van der Waals surface area contributed by atoms with E-state index in [-0.39, 0.29) is 11.9 Å². The van der Waals surface area contributed by atoms with Crippen LogP contribution in [0.3, 0.4) is 0 Å². The van der Waals surface area contributed by atoms with E-state index in [1.54, 1.807) is 0 Å². The Hall–Kier alpha value is -0.650. The van der Waals surface area contributed by atoms with Gasteiger partial charge in [-0.2, -0.15) is 0 Å². The van der Waals surface area contributed by atoms with Gasteiger partial charge in [0.25, 0.3) is 0 Å². The quantitative estimate of drug-likeness (QED) is 0.627. The maximum atomic E-state index is 12.1. The Morgan fingerprint density at radius 3 is 1.68 bits per heavy atom. The third-order valence-electron chi connectivity index (χ3n) is 2.92. The molecule has 5 heteroatoms. The molecule has 0 bridgehead atoms. The van der Waals surface area contributed by atoms with Crippen molar-refractivity contribution in [3.8, 4) is 0 Å². The predicted molar refractivity (Wildman–Crippen MR) is 81.2 cm³/mol. The molecule has 0 aromatic carbocycles. The molecule has 19 heavy (non-hydrogen) atoms. The molecule has 1 atom stereocenters. The van der Waals surface area contributed by atoms with Crippen LogP contribution in [0.15, 0.2) is 0 Å². The largest absolute Gasteiger partial charge is 0.343 e. The van der Waals surface area contributed by atoms with Crippen LogP contribution in [-0.4, -0.2) is 81.0 Å². The average Bonchev–Trinajstić information content (AvgIpc) is 2.25. The third kappa shape index (κ3) is 10.9. The van der Waals surface area contributed by atoms with Crippen LogP contribution >= 0.6 is 0 Å². The normalized spacial score (nSPS) is 13.1. The Labute approximate surface area is 118 Å². The maximum absolute atomic E-state index is 12.1. The van der Waals surface area contributed by atoms with Gasteiger partial charge in [0.2, 0.25) is 5.91 Å². The summed E-state index contributed by atoms with van der Waals surface area (Å²) in [4.78, 5) is 18.4. The Balaban J connectivity index is 4.17. The average molecular weight is 272 g/mol. The van der Waals surface area contributed by atoms with Crippen molar-refractivity contribution in [3.05, 3.63) is 0 Å². The lowest BCUT2D eigenvalue weighted by Gasteiger charge is -2.25. The summed E-state index contributed by atoms with van der Waals surface area (Å²) in [5.41, 5.74) is 5.72. The van der Waals surface area contributed by atoms with Crippen LogP contribution in [0, 0.1) is 0 Å². The minimum absolute atomic E-state index is 0.0577. The zero-order valence-electron chi connectivity index (χ0n) is 13.4. The molecule has 5 nitrogen and oxygen atoms in total. The van der Waals surface area contributed by atoms with Gasteiger partial charge < -0.3 is 20.4 Å². The highest BCUT2D eigenvalue weighted by Crippen LogP contribution is 2.02. The summed E-state index contributed by atoms with van der Waals surface area (Å²) in [5, 5.41) is 0. The Bertz CT molecular complexity index is 228. The molecule has 0 aliphatic rings. The van der Waals surface area contributed by atoms with Crippen LogP contribution < -0.4 is 5.73 Å². The second-order valence-corrected chi connectivity index (χ2v) is 5.88. The van der Waals surface area contributed by atoms with Crippen molar-refractivity contribution in [1.29, 1.82) is 0 Å². The predicted octanol–water partition coefficient (Wildman–Crippen LogP) is 0.456. The molecule has 0 aromatic rings. The van der Waals surface area contributed by atoms with Crippen LogP contribution in [0.25, 0.3) is 0 Å². The van der Waals surface area contributed by atoms with Crippen molar-refractivity contribution < 1.29 is 4.79 Å². The summed E-state index contributed by atoms with van der Waals surface area (Å²) in [6, 6.07) is -0.0577. The molecule has 0 heterocycles. The molecule has 114 valence electrons. The van der Waals surface area contributed by atoms with Gasteiger partial charge in [-0.05, 0) is 61.0 Å². The topological polar surface area (TPSA) is 52.8 Å². The number of carbonyl (C=O) groups excluding carboxylic acids is 1. The molecule has 0 fully saturated rings. The van der Waals surface area contributed by atoms with Gasteiger partial charge in [0.05, 0.1) is 0 Å². The Morgan fingerprint density at radius 2 is 1.37 bits per heavy atom. The Morgan fingerprint density at radius 1 is 0.947 bits per heavy atom. The smallest absolute Gasteiger partial charge is 0.224 e. The van der Waals surface area contributed by atoms with Gasteiger partial charge in [-0.1, -0.05) is 0 Å². The van der Waals surface area contributed by atoms with Crippen molar-refractivity contribution in [2.24, 2.45) is 5.73 Å². The van der Waals surface area contributed by atoms with Crippen molar-refractivity contribution in [2.45, 2.75) is 32.2 Å². The second-order valence-electron chi connectivity index (χ2n) is 5.88. The lowest BCUT2D eigenvalue weighted by atomic mass is 10.2. The van der Waals surface area contributed by atoms with Gasteiger partial charge >= 0.3 is 0 Å². The zero-order chi connectivity index (χ0) is 14.8. The molecule has 1 amide bonds. The fourth-order valence-corrected chi connectivity index (χ4v) is 1.92. The van der Waals surface area contributed by atoms with E-state index in [2.05, 4.69) is 38.0 Å². The molecule has 0 radical (unpaired) electrons. The second kappa shape index (κ2) is 10.2. The van der Waals surface area contributed by atoms with E-state index in [1.807, 2.05) is 11.8 Å². The van der Waals surface area contributed by atoms with Crippen molar-refractivity contribution in [2.75, 3.05) is 54.4 Å². The molecular weight excluding hydrogens is 240 g/mol. The standard InChI is InChI=1S/C14H32N4O/c1-13(15)12-14(19)18(10-6-8-16(2)3)11-7-9-17(4)5/h13H,6-12,15H2,1-5H3. The lowest BCUT2D eigenvalue weighted by molar-refractivity contribution is -0.131. The van der Waals surface area contributed by atoms with Crippen molar-refractivity contribution in [1.82, 2.24) is 14.7 Å². The highest BCUT2D eigenvalue weighted by Gasteiger charge is 2.14. The summed E-state index contributed by atoms with van der Waals surface area (Å²) in [5.74, 6) is 0.188. The first-order chi connectivity index (χ1) is 8.82. The molecule has 0 aromatic heterocycles. The first-order valence-corrected chi connectivity index (χ1v) is 7.15. The molecule has 0 spiro atoms. The summed E-state index contributed by atoms with van der Waals surface area (Å²) in [6.45, 7) is 5.56. The number of hydrogen-bond donors (Lipinski definition) is 1. The summed E-state index contributed by atoms with van der Waals surface area (Å²) in [7, 11) is 8.22. The number of nitrogens with two attached hydrogens (primary N) is 1. The number of hydrogen-bond acceptors (Lipinski definition) is 4. The number of nitrogens with zero attached hydrogens (tertiary/aromatic N) is 3. The van der Waals surface area contributed by atoms with Crippen molar-refractivity contribution in [3.63, 3.8) is 0 Å².